The first-order valence-electron chi connectivity index (χ1n) is 5.77. The second-order valence-electron chi connectivity index (χ2n) is 4.75. The van der Waals surface area contributed by atoms with Crippen molar-refractivity contribution in [1.29, 1.82) is 0 Å². The number of rotatable bonds is 2. The first kappa shape index (κ1) is 14.3. The van der Waals surface area contributed by atoms with Crippen LogP contribution in [0.15, 0.2) is 12.1 Å². The smallest absolute Gasteiger partial charge is 0.253 e. The Bertz CT molecular complexity index is 806. The van der Waals surface area contributed by atoms with Crippen molar-refractivity contribution in [3.63, 3.8) is 0 Å². The zero-order chi connectivity index (χ0) is 15.2. The molecular formula is C12H15N3O4S. The van der Waals surface area contributed by atoms with Gasteiger partial charge in [0.15, 0.2) is 0 Å². The zero-order valence-electron chi connectivity index (χ0n) is 11.6. The number of aromatic nitrogens is 2. The Morgan fingerprint density at radius 2 is 1.95 bits per heavy atom. The third-order valence-corrected chi connectivity index (χ3v) is 3.96. The number of carbonyl (C=O) groups excluding carboxylic acids is 1. The number of benzene rings is 1. The van der Waals surface area contributed by atoms with E-state index in [9.17, 15) is 18.3 Å². The topological polar surface area (TPSA) is 92.5 Å². The van der Waals surface area contributed by atoms with E-state index in [1.807, 2.05) is 0 Å². The van der Waals surface area contributed by atoms with E-state index in [0.29, 0.717) is 0 Å². The van der Waals surface area contributed by atoms with Crippen LogP contribution in [0.1, 0.15) is 16.2 Å². The van der Waals surface area contributed by atoms with E-state index in [-0.39, 0.29) is 34.1 Å². The van der Waals surface area contributed by atoms with E-state index in [0.717, 1.165) is 10.2 Å². The lowest BCUT2D eigenvalue weighted by Gasteiger charge is -2.11. The van der Waals surface area contributed by atoms with Crippen molar-refractivity contribution in [2.24, 2.45) is 0 Å². The Hall–Kier alpha value is -2.09. The zero-order valence-corrected chi connectivity index (χ0v) is 12.4. The van der Waals surface area contributed by atoms with Crippen LogP contribution in [0, 0.1) is 6.92 Å². The van der Waals surface area contributed by atoms with Gasteiger partial charge in [-0.1, -0.05) is 0 Å². The first-order valence-corrected chi connectivity index (χ1v) is 7.62. The van der Waals surface area contributed by atoms with Crippen LogP contribution in [0.3, 0.4) is 0 Å². The SMILES string of the molecule is Cc1nc2c(O)cc(C(=O)N(C)C)cc2n1S(C)(=O)=O. The van der Waals surface area contributed by atoms with E-state index in [1.165, 1.54) is 24.0 Å². The number of imidazole rings is 1. The molecule has 0 aliphatic carbocycles. The summed E-state index contributed by atoms with van der Waals surface area (Å²) < 4.78 is 24.6. The molecule has 0 fully saturated rings. The molecule has 0 spiro atoms. The van der Waals surface area contributed by atoms with Crippen molar-refractivity contribution in [2.45, 2.75) is 6.92 Å². The number of amides is 1. The molecule has 1 amide bonds. The number of phenols is 1. The van der Waals surface area contributed by atoms with Gasteiger partial charge in [-0.3, -0.25) is 4.79 Å². The van der Waals surface area contributed by atoms with Gasteiger partial charge in [0.25, 0.3) is 5.91 Å². The summed E-state index contributed by atoms with van der Waals surface area (Å²) in [6, 6.07) is 2.70. The number of hydrogen-bond acceptors (Lipinski definition) is 5. The molecule has 1 aromatic carbocycles. The van der Waals surface area contributed by atoms with Gasteiger partial charge in [-0.05, 0) is 19.1 Å². The minimum Gasteiger partial charge on any atom is -0.506 e. The molecule has 0 radical (unpaired) electrons. The first-order chi connectivity index (χ1) is 9.12. The van der Waals surface area contributed by atoms with Gasteiger partial charge in [0.1, 0.15) is 17.1 Å². The summed E-state index contributed by atoms with van der Waals surface area (Å²) >= 11 is 0. The predicted molar refractivity (Wildman–Crippen MR) is 74.4 cm³/mol. The molecule has 2 rings (SSSR count). The Morgan fingerprint density at radius 1 is 1.35 bits per heavy atom. The van der Waals surface area contributed by atoms with E-state index >= 15 is 0 Å². The summed E-state index contributed by atoms with van der Waals surface area (Å²) in [5.74, 6) is -0.327. The van der Waals surface area contributed by atoms with Crippen molar-refractivity contribution in [1.82, 2.24) is 13.9 Å². The number of hydrogen-bond donors (Lipinski definition) is 1. The third-order valence-electron chi connectivity index (χ3n) is 2.84. The second kappa shape index (κ2) is 4.48. The van der Waals surface area contributed by atoms with Gasteiger partial charge in [-0.15, -0.1) is 0 Å². The van der Waals surface area contributed by atoms with Crippen molar-refractivity contribution < 1.29 is 18.3 Å². The fourth-order valence-electron chi connectivity index (χ4n) is 2.06. The number of carbonyl (C=O) groups is 1. The molecule has 1 heterocycles. The molecule has 7 nitrogen and oxygen atoms in total. The third kappa shape index (κ3) is 2.22. The highest BCUT2D eigenvalue weighted by Gasteiger charge is 2.20. The van der Waals surface area contributed by atoms with E-state index < -0.39 is 10.0 Å². The molecule has 2 aromatic rings. The fourth-order valence-corrected chi connectivity index (χ4v) is 3.07. The van der Waals surface area contributed by atoms with Crippen LogP contribution < -0.4 is 0 Å². The van der Waals surface area contributed by atoms with Crippen molar-refractivity contribution in [3.05, 3.63) is 23.5 Å². The molecular weight excluding hydrogens is 282 g/mol. The number of aromatic hydroxyl groups is 1. The second-order valence-corrected chi connectivity index (χ2v) is 6.58. The maximum atomic E-state index is 11.9. The highest BCUT2D eigenvalue weighted by Crippen LogP contribution is 2.28. The quantitative estimate of drug-likeness (QED) is 0.874. The van der Waals surface area contributed by atoms with Crippen LogP contribution in [0.5, 0.6) is 5.75 Å². The summed E-state index contributed by atoms with van der Waals surface area (Å²) in [5, 5.41) is 9.94. The van der Waals surface area contributed by atoms with Gasteiger partial charge in [0, 0.05) is 19.7 Å². The largest absolute Gasteiger partial charge is 0.506 e. The molecule has 8 heteroatoms. The predicted octanol–water partition coefficient (Wildman–Crippen LogP) is 0.560. The average molecular weight is 297 g/mol. The number of aryl methyl sites for hydroxylation is 1. The fraction of sp³-hybridized carbons (Fsp3) is 0.333. The number of phenolic OH excluding ortho intramolecular Hbond substituents is 1. The van der Waals surface area contributed by atoms with Crippen molar-refractivity contribution in [3.8, 4) is 5.75 Å². The summed E-state index contributed by atoms with van der Waals surface area (Å²) in [7, 11) is -0.434. The Kier molecular flexibility index (Phi) is 3.21. The normalized spacial score (nSPS) is 11.8. The van der Waals surface area contributed by atoms with Gasteiger partial charge >= 0.3 is 0 Å². The van der Waals surface area contributed by atoms with E-state index in [4.69, 9.17) is 0 Å². The number of nitrogens with zero attached hydrogens (tertiary/aromatic N) is 3. The van der Waals surface area contributed by atoms with Gasteiger partial charge in [0.05, 0.1) is 11.8 Å². The van der Waals surface area contributed by atoms with Crippen LogP contribution in [-0.2, 0) is 10.0 Å². The standard InChI is InChI=1S/C12H15N3O4S/c1-7-13-11-9(15(7)20(4,18)19)5-8(6-10(11)16)12(17)14(2)3/h5-6,16H,1-4H3. The molecule has 0 atom stereocenters. The Labute approximate surface area is 116 Å². The lowest BCUT2D eigenvalue weighted by molar-refractivity contribution is 0.0827. The monoisotopic (exact) mass is 297 g/mol. The average Bonchev–Trinajstić information content (AvgIpc) is 2.64. The van der Waals surface area contributed by atoms with Crippen LogP contribution in [0.25, 0.3) is 11.0 Å². The summed E-state index contributed by atoms with van der Waals surface area (Å²) in [4.78, 5) is 17.3. The van der Waals surface area contributed by atoms with Crippen LogP contribution >= 0.6 is 0 Å². The summed E-state index contributed by atoms with van der Waals surface area (Å²) in [6.07, 6.45) is 1.04. The minimum absolute atomic E-state index is 0.156. The van der Waals surface area contributed by atoms with Crippen LogP contribution in [0.4, 0.5) is 0 Å². The highest BCUT2D eigenvalue weighted by molar-refractivity contribution is 7.89. The molecule has 0 saturated carbocycles. The number of fused-ring (bicyclic) bond motifs is 1. The lowest BCUT2D eigenvalue weighted by atomic mass is 10.1. The molecule has 1 aromatic heterocycles. The minimum atomic E-state index is -3.58. The molecule has 0 aliphatic rings. The molecule has 108 valence electrons. The molecule has 1 N–H and O–H groups in total. The molecule has 0 bridgehead atoms. The van der Waals surface area contributed by atoms with Gasteiger partial charge in [-0.2, -0.15) is 0 Å². The van der Waals surface area contributed by atoms with Crippen LogP contribution in [0.2, 0.25) is 0 Å². The molecule has 0 aliphatic heterocycles. The Balaban J connectivity index is 2.85. The molecule has 0 saturated heterocycles. The van der Waals surface area contributed by atoms with Crippen LogP contribution in [-0.4, -0.2) is 53.6 Å². The van der Waals surface area contributed by atoms with Gasteiger partial charge in [-0.25, -0.2) is 17.4 Å². The summed E-state index contributed by atoms with van der Waals surface area (Å²) in [6.45, 7) is 1.52. The molecule has 20 heavy (non-hydrogen) atoms. The van der Waals surface area contributed by atoms with Crippen molar-refractivity contribution in [2.75, 3.05) is 20.4 Å². The maximum absolute atomic E-state index is 11.9. The Morgan fingerprint density at radius 3 is 2.45 bits per heavy atom. The van der Waals surface area contributed by atoms with E-state index in [2.05, 4.69) is 4.98 Å². The lowest BCUT2D eigenvalue weighted by Crippen LogP contribution is -2.21. The summed E-state index contributed by atoms with van der Waals surface area (Å²) in [5.41, 5.74) is 0.545. The van der Waals surface area contributed by atoms with Gasteiger partial charge < -0.3 is 10.0 Å². The highest BCUT2D eigenvalue weighted by atomic mass is 32.2. The van der Waals surface area contributed by atoms with E-state index in [1.54, 1.807) is 14.1 Å². The van der Waals surface area contributed by atoms with Gasteiger partial charge in [0.2, 0.25) is 10.0 Å². The van der Waals surface area contributed by atoms with Crippen molar-refractivity contribution >= 4 is 27.0 Å². The maximum Gasteiger partial charge on any atom is 0.253 e. The molecule has 0 unspecified atom stereocenters.